The maximum Gasteiger partial charge on any atom is 0.0768 e. The number of nitrogens with one attached hydrogen (secondary N) is 1. The number of hydrogen-bond acceptors (Lipinski definition) is 2. The maximum absolute atomic E-state index is 4.14. The molecule has 0 saturated carbocycles. The first-order chi connectivity index (χ1) is 7.36. The topological polar surface area (TPSA) is 15.3 Å². The van der Waals surface area contributed by atoms with Crippen molar-refractivity contribution in [2.75, 3.05) is 18.4 Å². The summed E-state index contributed by atoms with van der Waals surface area (Å²) in [4.78, 5) is 2.53. The van der Waals surface area contributed by atoms with Gasteiger partial charge in [0.05, 0.1) is 6.04 Å². The molecule has 2 nitrogen and oxygen atoms in total. The minimum absolute atomic E-state index is 0.406. The summed E-state index contributed by atoms with van der Waals surface area (Å²) >= 11 is 0. The van der Waals surface area contributed by atoms with Crippen LogP contribution in [0.25, 0.3) is 0 Å². The molecular formula is C13H16N2. The zero-order valence-corrected chi connectivity index (χ0v) is 8.87. The monoisotopic (exact) mass is 200 g/mol. The maximum atomic E-state index is 4.14. The van der Waals surface area contributed by atoms with Gasteiger partial charge < -0.3 is 5.32 Å². The third-order valence-electron chi connectivity index (χ3n) is 3.39. The summed E-state index contributed by atoms with van der Waals surface area (Å²) in [7, 11) is 0. The first-order valence-electron chi connectivity index (χ1n) is 5.65. The third-order valence-corrected chi connectivity index (χ3v) is 3.39. The summed E-state index contributed by atoms with van der Waals surface area (Å²) in [5.41, 5.74) is 3.77. The Kier molecular flexibility index (Phi) is 2.03. The minimum atomic E-state index is 0.406. The molecule has 0 bridgehead atoms. The zero-order valence-electron chi connectivity index (χ0n) is 8.87. The normalized spacial score (nSPS) is 25.3. The van der Waals surface area contributed by atoms with Gasteiger partial charge in [0.2, 0.25) is 0 Å². The van der Waals surface area contributed by atoms with E-state index in [1.807, 2.05) is 0 Å². The van der Waals surface area contributed by atoms with E-state index in [2.05, 4.69) is 41.1 Å². The van der Waals surface area contributed by atoms with Gasteiger partial charge in [-0.2, -0.15) is 0 Å². The van der Waals surface area contributed by atoms with Crippen molar-refractivity contribution in [2.45, 2.75) is 18.9 Å². The van der Waals surface area contributed by atoms with Gasteiger partial charge in [0.15, 0.2) is 0 Å². The van der Waals surface area contributed by atoms with Crippen molar-refractivity contribution in [2.24, 2.45) is 0 Å². The Morgan fingerprint density at radius 3 is 2.73 bits per heavy atom. The lowest BCUT2D eigenvalue weighted by atomic mass is 10.1. The molecule has 3 rings (SSSR count). The molecule has 1 N–H and O–H groups in total. The standard InChI is InChI=1S/C13H16N2/c1-10-13(15-8-4-5-9-15)11-6-2-3-7-12(11)14-10/h2-3,6-7,13-14H,1,4-5,8-9H2. The second-order valence-corrected chi connectivity index (χ2v) is 4.38. The summed E-state index contributed by atoms with van der Waals surface area (Å²) < 4.78 is 0. The molecule has 15 heavy (non-hydrogen) atoms. The number of anilines is 1. The van der Waals surface area contributed by atoms with Gasteiger partial charge in [0, 0.05) is 11.4 Å². The first-order valence-corrected chi connectivity index (χ1v) is 5.65. The lowest BCUT2D eigenvalue weighted by molar-refractivity contribution is 0.284. The molecule has 0 aromatic heterocycles. The molecule has 2 aliphatic heterocycles. The van der Waals surface area contributed by atoms with Crippen molar-refractivity contribution in [1.82, 2.24) is 4.90 Å². The van der Waals surface area contributed by atoms with E-state index in [1.54, 1.807) is 0 Å². The van der Waals surface area contributed by atoms with E-state index in [-0.39, 0.29) is 0 Å². The Balaban J connectivity index is 1.98. The highest BCUT2D eigenvalue weighted by Crippen LogP contribution is 2.40. The molecule has 1 fully saturated rings. The number of fused-ring (bicyclic) bond motifs is 1. The molecule has 1 saturated heterocycles. The Morgan fingerprint density at radius 2 is 1.93 bits per heavy atom. The van der Waals surface area contributed by atoms with Crippen LogP contribution < -0.4 is 5.32 Å². The molecule has 2 heterocycles. The molecular weight excluding hydrogens is 184 g/mol. The van der Waals surface area contributed by atoms with Crippen LogP contribution in [0.1, 0.15) is 24.4 Å². The fourth-order valence-corrected chi connectivity index (χ4v) is 2.70. The fourth-order valence-electron chi connectivity index (χ4n) is 2.70. The molecule has 1 atom stereocenters. The molecule has 1 unspecified atom stereocenters. The molecule has 0 radical (unpaired) electrons. The number of nitrogens with zero attached hydrogens (tertiary/aromatic N) is 1. The van der Waals surface area contributed by atoms with Crippen molar-refractivity contribution in [3.8, 4) is 0 Å². The molecule has 1 aromatic carbocycles. The lowest BCUT2D eigenvalue weighted by Gasteiger charge is -2.24. The fraction of sp³-hybridized carbons (Fsp3) is 0.385. The van der Waals surface area contributed by atoms with E-state index >= 15 is 0 Å². The van der Waals surface area contributed by atoms with Crippen LogP contribution >= 0.6 is 0 Å². The Hall–Kier alpha value is -1.28. The molecule has 0 aliphatic carbocycles. The minimum Gasteiger partial charge on any atom is -0.358 e. The number of rotatable bonds is 1. The van der Waals surface area contributed by atoms with Gasteiger partial charge in [0.1, 0.15) is 0 Å². The van der Waals surface area contributed by atoms with Crippen LogP contribution in [0, 0.1) is 0 Å². The Bertz CT molecular complexity index is 391. The number of benzene rings is 1. The van der Waals surface area contributed by atoms with E-state index in [0.717, 1.165) is 5.70 Å². The van der Waals surface area contributed by atoms with Crippen molar-refractivity contribution >= 4 is 5.69 Å². The smallest absolute Gasteiger partial charge is 0.0768 e. The largest absolute Gasteiger partial charge is 0.358 e. The van der Waals surface area contributed by atoms with Crippen LogP contribution in [0.3, 0.4) is 0 Å². The SMILES string of the molecule is C=C1Nc2ccccc2C1N1CCCC1. The summed E-state index contributed by atoms with van der Waals surface area (Å²) in [6.45, 7) is 6.56. The Morgan fingerprint density at radius 1 is 1.20 bits per heavy atom. The van der Waals surface area contributed by atoms with Crippen LogP contribution in [0.2, 0.25) is 0 Å². The summed E-state index contributed by atoms with van der Waals surface area (Å²) in [6.07, 6.45) is 2.65. The quantitative estimate of drug-likeness (QED) is 0.750. The van der Waals surface area contributed by atoms with Gasteiger partial charge in [-0.25, -0.2) is 0 Å². The van der Waals surface area contributed by atoms with Gasteiger partial charge in [0.25, 0.3) is 0 Å². The van der Waals surface area contributed by atoms with Gasteiger partial charge >= 0.3 is 0 Å². The second-order valence-electron chi connectivity index (χ2n) is 4.38. The van der Waals surface area contributed by atoms with Crippen molar-refractivity contribution < 1.29 is 0 Å². The van der Waals surface area contributed by atoms with Crippen LogP contribution in [0.4, 0.5) is 5.69 Å². The molecule has 78 valence electrons. The summed E-state index contributed by atoms with van der Waals surface area (Å²) in [6, 6.07) is 8.94. The first kappa shape index (κ1) is 8.98. The van der Waals surface area contributed by atoms with Gasteiger partial charge in [-0.1, -0.05) is 24.8 Å². The zero-order chi connectivity index (χ0) is 10.3. The molecule has 2 heteroatoms. The molecule has 0 spiro atoms. The van der Waals surface area contributed by atoms with Crippen LogP contribution in [0.15, 0.2) is 36.5 Å². The highest BCUT2D eigenvalue weighted by atomic mass is 15.2. The van der Waals surface area contributed by atoms with E-state index in [4.69, 9.17) is 0 Å². The van der Waals surface area contributed by atoms with Crippen LogP contribution in [-0.2, 0) is 0 Å². The molecule has 1 aromatic rings. The van der Waals surface area contributed by atoms with E-state index < -0.39 is 0 Å². The highest BCUT2D eigenvalue weighted by molar-refractivity contribution is 5.64. The van der Waals surface area contributed by atoms with E-state index in [1.165, 1.54) is 37.2 Å². The van der Waals surface area contributed by atoms with Gasteiger partial charge in [-0.15, -0.1) is 0 Å². The number of hydrogen-bond donors (Lipinski definition) is 1. The number of likely N-dealkylation sites (tertiary alicyclic amines) is 1. The Labute approximate surface area is 90.6 Å². The predicted octanol–water partition coefficient (Wildman–Crippen LogP) is 2.76. The lowest BCUT2D eigenvalue weighted by Crippen LogP contribution is -2.25. The van der Waals surface area contributed by atoms with Crippen molar-refractivity contribution in [3.05, 3.63) is 42.1 Å². The number of para-hydroxylation sites is 1. The average Bonchev–Trinajstić information content (AvgIpc) is 2.82. The van der Waals surface area contributed by atoms with Crippen LogP contribution in [-0.4, -0.2) is 18.0 Å². The predicted molar refractivity (Wildman–Crippen MR) is 62.8 cm³/mol. The molecule has 0 amide bonds. The summed E-state index contributed by atoms with van der Waals surface area (Å²) in [5.74, 6) is 0. The van der Waals surface area contributed by atoms with Gasteiger partial charge in [-0.05, 0) is 37.6 Å². The van der Waals surface area contributed by atoms with Gasteiger partial charge in [-0.3, -0.25) is 4.90 Å². The summed E-state index contributed by atoms with van der Waals surface area (Å²) in [5, 5.41) is 3.39. The highest BCUT2D eigenvalue weighted by Gasteiger charge is 2.31. The van der Waals surface area contributed by atoms with Crippen molar-refractivity contribution in [1.29, 1.82) is 0 Å². The average molecular weight is 200 g/mol. The second kappa shape index (κ2) is 3.38. The third kappa shape index (κ3) is 1.37. The molecule has 2 aliphatic rings. The van der Waals surface area contributed by atoms with Crippen molar-refractivity contribution in [3.63, 3.8) is 0 Å². The van der Waals surface area contributed by atoms with E-state index in [0.29, 0.717) is 6.04 Å². The van der Waals surface area contributed by atoms with E-state index in [9.17, 15) is 0 Å². The van der Waals surface area contributed by atoms with Crippen LogP contribution in [0.5, 0.6) is 0 Å².